The number of nitrogens with one attached hydrogen (secondary N) is 1. The number of hydrogen-bond acceptors (Lipinski definition) is 4. The average molecular weight is 403 g/mol. The maximum absolute atomic E-state index is 13.6. The van der Waals surface area contributed by atoms with E-state index >= 15 is 0 Å². The number of unbranched alkanes of at least 4 members (excludes halogenated alkanes) is 1. The van der Waals surface area contributed by atoms with E-state index in [1.807, 2.05) is 12.1 Å². The van der Waals surface area contributed by atoms with Crippen LogP contribution in [-0.2, 0) is 0 Å². The van der Waals surface area contributed by atoms with Crippen molar-refractivity contribution < 1.29 is 14.3 Å². The molecule has 0 saturated carbocycles. The molecule has 1 aromatic carbocycles. The van der Waals surface area contributed by atoms with Crippen LogP contribution in [0, 0.1) is 0 Å². The summed E-state index contributed by atoms with van der Waals surface area (Å²) in [6.07, 6.45) is 5.60. The molecule has 2 rings (SSSR count). The van der Waals surface area contributed by atoms with Crippen molar-refractivity contribution in [1.82, 2.24) is 10.2 Å². The highest BCUT2D eigenvalue weighted by atomic mass is 16.5. The van der Waals surface area contributed by atoms with Gasteiger partial charge in [0, 0.05) is 29.2 Å². The van der Waals surface area contributed by atoms with Crippen LogP contribution in [0.2, 0.25) is 0 Å². The first-order valence-corrected chi connectivity index (χ1v) is 10.6. The summed E-state index contributed by atoms with van der Waals surface area (Å²) in [5.74, 6) is 1.25. The lowest BCUT2D eigenvalue weighted by Crippen LogP contribution is -2.62. The van der Waals surface area contributed by atoms with Gasteiger partial charge in [0.1, 0.15) is 6.61 Å². The maximum atomic E-state index is 13.6. The Bertz CT molecular complexity index is 696. The molecular formula is C24H38N2O3. The van der Waals surface area contributed by atoms with E-state index in [-0.39, 0.29) is 23.0 Å². The molecule has 1 heterocycles. The lowest BCUT2D eigenvalue weighted by Gasteiger charge is -2.49. The van der Waals surface area contributed by atoms with Crippen LogP contribution in [0.5, 0.6) is 11.5 Å². The number of carbonyl (C=O) groups is 1. The molecule has 0 aliphatic carbocycles. The predicted octanol–water partition coefficient (Wildman–Crippen LogP) is 4.81. The lowest BCUT2D eigenvalue weighted by atomic mass is 9.78. The molecule has 1 aliphatic rings. The highest BCUT2D eigenvalue weighted by molar-refractivity contribution is 5.95. The topological polar surface area (TPSA) is 50.8 Å². The van der Waals surface area contributed by atoms with Crippen LogP contribution >= 0.6 is 0 Å². The Morgan fingerprint density at radius 3 is 2.45 bits per heavy atom. The summed E-state index contributed by atoms with van der Waals surface area (Å²) >= 11 is 0. The Labute approximate surface area is 176 Å². The van der Waals surface area contributed by atoms with Crippen LogP contribution in [0.15, 0.2) is 30.9 Å². The van der Waals surface area contributed by atoms with Gasteiger partial charge in [-0.05, 0) is 65.2 Å². The van der Waals surface area contributed by atoms with Gasteiger partial charge in [-0.3, -0.25) is 4.79 Å². The molecule has 1 fully saturated rings. The Morgan fingerprint density at radius 2 is 1.90 bits per heavy atom. The van der Waals surface area contributed by atoms with Crippen molar-refractivity contribution >= 4 is 5.91 Å². The molecule has 0 unspecified atom stereocenters. The quantitative estimate of drug-likeness (QED) is 0.602. The van der Waals surface area contributed by atoms with Crippen molar-refractivity contribution in [3.8, 4) is 11.5 Å². The molecule has 0 spiro atoms. The van der Waals surface area contributed by atoms with Gasteiger partial charge in [0.25, 0.3) is 5.91 Å². The molecule has 1 amide bonds. The number of methoxy groups -OCH3 is 1. The lowest BCUT2D eigenvalue weighted by molar-refractivity contribution is 0.0441. The Hall–Kier alpha value is -2.01. The predicted molar refractivity (Wildman–Crippen MR) is 119 cm³/mol. The molecule has 29 heavy (non-hydrogen) atoms. The van der Waals surface area contributed by atoms with Crippen LogP contribution in [0.25, 0.3) is 0 Å². The summed E-state index contributed by atoms with van der Waals surface area (Å²) in [6.45, 7) is 15.9. The average Bonchev–Trinajstić information content (AvgIpc) is 2.63. The third-order valence-electron chi connectivity index (χ3n) is 5.39. The van der Waals surface area contributed by atoms with Gasteiger partial charge in [0.15, 0.2) is 11.5 Å². The summed E-state index contributed by atoms with van der Waals surface area (Å²) in [6, 6.07) is 5.63. The third-order valence-corrected chi connectivity index (χ3v) is 5.39. The van der Waals surface area contributed by atoms with Crippen LogP contribution in [-0.4, -0.2) is 48.2 Å². The minimum atomic E-state index is -0.0166. The normalized spacial score (nSPS) is 18.1. The zero-order valence-electron chi connectivity index (χ0n) is 19.0. The second-order valence-corrected chi connectivity index (χ2v) is 9.27. The van der Waals surface area contributed by atoms with E-state index in [0.29, 0.717) is 23.7 Å². The standard InChI is InChI=1S/C24H38N2O3/c1-8-10-13-26(19-16-23(3,4)25-24(5,6)17-19)22(27)18-11-12-20(29-14-9-2)21(15-18)28-7/h9,11-12,15,19,25H,2,8,10,13-14,16-17H2,1,3-7H3. The van der Waals surface area contributed by atoms with Crippen LogP contribution in [0.1, 0.15) is 70.7 Å². The van der Waals surface area contributed by atoms with E-state index in [1.54, 1.807) is 19.3 Å². The van der Waals surface area contributed by atoms with E-state index < -0.39 is 0 Å². The van der Waals surface area contributed by atoms with Gasteiger partial charge in [0.2, 0.25) is 0 Å². The van der Waals surface area contributed by atoms with Gasteiger partial charge >= 0.3 is 0 Å². The largest absolute Gasteiger partial charge is 0.493 e. The highest BCUT2D eigenvalue weighted by Crippen LogP contribution is 2.34. The monoisotopic (exact) mass is 402 g/mol. The van der Waals surface area contributed by atoms with Gasteiger partial charge < -0.3 is 19.7 Å². The molecule has 0 bridgehead atoms. The minimum Gasteiger partial charge on any atom is -0.493 e. The number of piperidine rings is 1. The van der Waals surface area contributed by atoms with Crippen molar-refractivity contribution in [3.05, 3.63) is 36.4 Å². The van der Waals surface area contributed by atoms with Crippen molar-refractivity contribution in [2.45, 2.75) is 77.4 Å². The number of carbonyl (C=O) groups excluding carboxylic acids is 1. The van der Waals surface area contributed by atoms with Gasteiger partial charge in [-0.2, -0.15) is 0 Å². The molecule has 162 valence electrons. The number of ether oxygens (including phenoxy) is 2. The van der Waals surface area contributed by atoms with E-state index in [9.17, 15) is 4.79 Å². The molecule has 1 aliphatic heterocycles. The van der Waals surface area contributed by atoms with E-state index in [1.165, 1.54) is 0 Å². The fourth-order valence-corrected chi connectivity index (χ4v) is 4.50. The van der Waals surface area contributed by atoms with Gasteiger partial charge in [0.05, 0.1) is 7.11 Å². The number of nitrogens with zero attached hydrogens (tertiary/aromatic N) is 1. The summed E-state index contributed by atoms with van der Waals surface area (Å²) in [5.41, 5.74) is 0.604. The molecule has 1 N–H and O–H groups in total. The van der Waals surface area contributed by atoms with Crippen LogP contribution < -0.4 is 14.8 Å². The van der Waals surface area contributed by atoms with Gasteiger partial charge in [-0.15, -0.1) is 0 Å². The van der Waals surface area contributed by atoms with Crippen molar-refractivity contribution in [2.24, 2.45) is 0 Å². The molecule has 5 nitrogen and oxygen atoms in total. The molecular weight excluding hydrogens is 364 g/mol. The number of benzene rings is 1. The van der Waals surface area contributed by atoms with Gasteiger partial charge in [-0.1, -0.05) is 26.0 Å². The zero-order valence-corrected chi connectivity index (χ0v) is 19.0. The number of rotatable bonds is 9. The molecule has 1 saturated heterocycles. The Kier molecular flexibility index (Phi) is 7.75. The smallest absolute Gasteiger partial charge is 0.254 e. The molecule has 0 aromatic heterocycles. The zero-order chi connectivity index (χ0) is 21.7. The molecule has 0 atom stereocenters. The minimum absolute atomic E-state index is 0.0166. The fourth-order valence-electron chi connectivity index (χ4n) is 4.50. The second kappa shape index (κ2) is 9.66. The third kappa shape index (κ3) is 6.23. The number of amides is 1. The van der Waals surface area contributed by atoms with Crippen LogP contribution in [0.3, 0.4) is 0 Å². The highest BCUT2D eigenvalue weighted by Gasteiger charge is 2.41. The van der Waals surface area contributed by atoms with E-state index in [0.717, 1.165) is 32.2 Å². The number of hydrogen-bond donors (Lipinski definition) is 1. The molecule has 5 heteroatoms. The van der Waals surface area contributed by atoms with E-state index in [4.69, 9.17) is 9.47 Å². The molecule has 0 radical (unpaired) electrons. The van der Waals surface area contributed by atoms with Crippen molar-refractivity contribution in [3.63, 3.8) is 0 Å². The SMILES string of the molecule is C=CCOc1ccc(C(=O)N(CCCC)C2CC(C)(C)NC(C)(C)C2)cc1OC. The summed E-state index contributed by atoms with van der Waals surface area (Å²) in [7, 11) is 1.59. The van der Waals surface area contributed by atoms with Crippen molar-refractivity contribution in [1.29, 1.82) is 0 Å². The second-order valence-electron chi connectivity index (χ2n) is 9.27. The first-order valence-electron chi connectivity index (χ1n) is 10.6. The first kappa shape index (κ1) is 23.3. The maximum Gasteiger partial charge on any atom is 0.254 e. The Morgan fingerprint density at radius 1 is 1.24 bits per heavy atom. The van der Waals surface area contributed by atoms with Gasteiger partial charge in [-0.25, -0.2) is 0 Å². The summed E-state index contributed by atoms with van der Waals surface area (Å²) in [5, 5.41) is 3.71. The first-order chi connectivity index (χ1) is 13.6. The Balaban J connectivity index is 2.32. The van der Waals surface area contributed by atoms with Crippen LogP contribution in [0.4, 0.5) is 0 Å². The van der Waals surface area contributed by atoms with Crippen molar-refractivity contribution in [2.75, 3.05) is 20.3 Å². The summed E-state index contributed by atoms with van der Waals surface area (Å²) < 4.78 is 11.1. The summed E-state index contributed by atoms with van der Waals surface area (Å²) in [4.78, 5) is 15.6. The van der Waals surface area contributed by atoms with E-state index in [2.05, 4.69) is 51.4 Å². The fraction of sp³-hybridized carbons (Fsp3) is 0.625. The molecule has 1 aromatic rings.